The zero-order chi connectivity index (χ0) is 18.4. The minimum atomic E-state index is -0.198. The topological polar surface area (TPSA) is 55.4 Å². The van der Waals surface area contributed by atoms with Gasteiger partial charge in [0.15, 0.2) is 5.78 Å². The molecule has 3 aromatic rings. The molecule has 0 aromatic heterocycles. The van der Waals surface area contributed by atoms with Gasteiger partial charge in [0, 0.05) is 16.8 Å². The second-order valence-electron chi connectivity index (χ2n) is 5.89. The van der Waals surface area contributed by atoms with E-state index in [4.69, 9.17) is 4.74 Å². The highest BCUT2D eigenvalue weighted by Crippen LogP contribution is 2.14. The monoisotopic (exact) mass is 345 g/mol. The first-order valence-corrected chi connectivity index (χ1v) is 8.31. The number of ketones is 1. The molecule has 4 nitrogen and oxygen atoms in total. The molecule has 0 atom stereocenters. The molecule has 0 aliphatic carbocycles. The Morgan fingerprint density at radius 2 is 1.42 bits per heavy atom. The Balaban J connectivity index is 1.58. The Morgan fingerprint density at radius 1 is 0.808 bits per heavy atom. The summed E-state index contributed by atoms with van der Waals surface area (Å²) in [6.45, 7) is 1.95. The molecule has 0 spiro atoms. The molecule has 0 saturated carbocycles. The Morgan fingerprint density at radius 3 is 2.04 bits per heavy atom. The van der Waals surface area contributed by atoms with Crippen molar-refractivity contribution in [1.82, 2.24) is 0 Å². The van der Waals surface area contributed by atoms with Crippen LogP contribution in [0.25, 0.3) is 0 Å². The number of ether oxygens (including phenoxy) is 1. The number of nitrogens with one attached hydrogen (secondary N) is 1. The Kier molecular flexibility index (Phi) is 5.44. The van der Waals surface area contributed by atoms with Gasteiger partial charge in [0.25, 0.3) is 5.91 Å². The molecule has 4 heteroatoms. The molecule has 0 heterocycles. The highest BCUT2D eigenvalue weighted by molar-refractivity contribution is 6.04. The van der Waals surface area contributed by atoms with Crippen LogP contribution in [0.2, 0.25) is 0 Å². The van der Waals surface area contributed by atoms with Gasteiger partial charge in [0.2, 0.25) is 0 Å². The van der Waals surface area contributed by atoms with Crippen molar-refractivity contribution in [1.29, 1.82) is 0 Å². The molecule has 0 radical (unpaired) electrons. The predicted molar refractivity (Wildman–Crippen MR) is 102 cm³/mol. The lowest BCUT2D eigenvalue weighted by Gasteiger charge is -2.08. The summed E-state index contributed by atoms with van der Waals surface area (Å²) in [5, 5.41) is 2.82. The van der Waals surface area contributed by atoms with E-state index in [0.29, 0.717) is 23.4 Å². The maximum Gasteiger partial charge on any atom is 0.255 e. The van der Waals surface area contributed by atoms with E-state index in [9.17, 15) is 9.59 Å². The van der Waals surface area contributed by atoms with Crippen molar-refractivity contribution in [3.8, 4) is 5.75 Å². The maximum atomic E-state index is 12.3. The van der Waals surface area contributed by atoms with Crippen molar-refractivity contribution in [2.45, 2.75) is 13.5 Å². The van der Waals surface area contributed by atoms with Crippen molar-refractivity contribution >= 4 is 17.4 Å². The van der Waals surface area contributed by atoms with Crippen molar-refractivity contribution in [2.24, 2.45) is 0 Å². The molecule has 0 saturated heterocycles. The SMILES string of the molecule is CC(=O)c1ccc(NC(=O)c2ccc(COc3ccccc3)cc2)cc1. The lowest BCUT2D eigenvalue weighted by Crippen LogP contribution is -2.12. The van der Waals surface area contributed by atoms with E-state index in [1.807, 2.05) is 42.5 Å². The molecule has 1 N–H and O–H groups in total. The minimum Gasteiger partial charge on any atom is -0.489 e. The fraction of sp³-hybridized carbons (Fsp3) is 0.0909. The first-order chi connectivity index (χ1) is 12.6. The molecule has 130 valence electrons. The second kappa shape index (κ2) is 8.12. The lowest BCUT2D eigenvalue weighted by molar-refractivity contribution is 0.101. The molecule has 0 bridgehead atoms. The third-order valence-corrected chi connectivity index (χ3v) is 3.91. The fourth-order valence-corrected chi connectivity index (χ4v) is 2.43. The summed E-state index contributed by atoms with van der Waals surface area (Å²) in [7, 11) is 0. The molecule has 26 heavy (non-hydrogen) atoms. The molecule has 1 amide bonds. The lowest BCUT2D eigenvalue weighted by atomic mass is 10.1. The van der Waals surface area contributed by atoms with Crippen LogP contribution in [0.15, 0.2) is 78.9 Å². The molecular formula is C22H19NO3. The molecule has 0 aliphatic heterocycles. The number of hydrogen-bond acceptors (Lipinski definition) is 3. The highest BCUT2D eigenvalue weighted by Gasteiger charge is 2.07. The van der Waals surface area contributed by atoms with Crippen molar-refractivity contribution in [3.63, 3.8) is 0 Å². The standard InChI is InChI=1S/C22H19NO3/c1-16(24)18-11-13-20(14-12-18)23-22(25)19-9-7-17(8-10-19)15-26-21-5-3-2-4-6-21/h2-14H,15H2,1H3,(H,23,25). The molecule has 3 rings (SSSR count). The zero-order valence-corrected chi connectivity index (χ0v) is 14.4. The predicted octanol–water partition coefficient (Wildman–Crippen LogP) is 4.72. The van der Waals surface area contributed by atoms with E-state index in [1.165, 1.54) is 6.92 Å². The van der Waals surface area contributed by atoms with Gasteiger partial charge in [-0.2, -0.15) is 0 Å². The van der Waals surface area contributed by atoms with Gasteiger partial charge in [-0.15, -0.1) is 0 Å². The summed E-state index contributed by atoms with van der Waals surface area (Å²) in [6.07, 6.45) is 0. The quantitative estimate of drug-likeness (QED) is 0.658. The summed E-state index contributed by atoms with van der Waals surface area (Å²) in [5.41, 5.74) is 2.81. The van der Waals surface area contributed by atoms with Gasteiger partial charge in [-0.1, -0.05) is 30.3 Å². The average molecular weight is 345 g/mol. The van der Waals surface area contributed by atoms with Crippen LogP contribution in [0, 0.1) is 0 Å². The van der Waals surface area contributed by atoms with Crippen LogP contribution in [0.3, 0.4) is 0 Å². The largest absolute Gasteiger partial charge is 0.489 e. The fourth-order valence-electron chi connectivity index (χ4n) is 2.43. The maximum absolute atomic E-state index is 12.3. The van der Waals surface area contributed by atoms with E-state index in [-0.39, 0.29) is 11.7 Å². The smallest absolute Gasteiger partial charge is 0.255 e. The third kappa shape index (κ3) is 4.57. The van der Waals surface area contributed by atoms with Crippen LogP contribution in [0.1, 0.15) is 33.2 Å². The van der Waals surface area contributed by atoms with Crippen molar-refractivity contribution < 1.29 is 14.3 Å². The molecule has 0 unspecified atom stereocenters. The number of rotatable bonds is 6. The molecule has 0 aliphatic rings. The minimum absolute atomic E-state index is 0.00353. The number of benzene rings is 3. The summed E-state index contributed by atoms with van der Waals surface area (Å²) >= 11 is 0. The van der Waals surface area contributed by atoms with E-state index in [0.717, 1.165) is 11.3 Å². The number of hydrogen-bond donors (Lipinski definition) is 1. The van der Waals surface area contributed by atoms with E-state index in [1.54, 1.807) is 36.4 Å². The number of para-hydroxylation sites is 1. The number of carbonyl (C=O) groups is 2. The zero-order valence-electron chi connectivity index (χ0n) is 14.4. The van der Waals surface area contributed by atoms with E-state index < -0.39 is 0 Å². The van der Waals surface area contributed by atoms with Crippen LogP contribution in [0.4, 0.5) is 5.69 Å². The Hall–Kier alpha value is -3.40. The van der Waals surface area contributed by atoms with Crippen molar-refractivity contribution in [3.05, 3.63) is 95.6 Å². The van der Waals surface area contributed by atoms with Gasteiger partial charge < -0.3 is 10.1 Å². The first-order valence-electron chi connectivity index (χ1n) is 8.31. The second-order valence-corrected chi connectivity index (χ2v) is 5.89. The van der Waals surface area contributed by atoms with Gasteiger partial charge >= 0.3 is 0 Å². The molecule has 3 aromatic carbocycles. The Labute approximate surface area is 152 Å². The average Bonchev–Trinajstić information content (AvgIpc) is 2.68. The number of carbonyl (C=O) groups excluding carboxylic acids is 2. The normalized spacial score (nSPS) is 10.2. The number of amides is 1. The van der Waals surface area contributed by atoms with Crippen LogP contribution >= 0.6 is 0 Å². The summed E-state index contributed by atoms with van der Waals surface area (Å²) < 4.78 is 5.69. The van der Waals surface area contributed by atoms with E-state index in [2.05, 4.69) is 5.32 Å². The van der Waals surface area contributed by atoms with Crippen molar-refractivity contribution in [2.75, 3.05) is 5.32 Å². The van der Waals surface area contributed by atoms with Crippen LogP contribution < -0.4 is 10.1 Å². The van der Waals surface area contributed by atoms with Crippen LogP contribution in [0.5, 0.6) is 5.75 Å². The van der Waals surface area contributed by atoms with Gasteiger partial charge in [-0.05, 0) is 61.0 Å². The van der Waals surface area contributed by atoms with Gasteiger partial charge in [-0.25, -0.2) is 0 Å². The van der Waals surface area contributed by atoms with E-state index >= 15 is 0 Å². The molecule has 0 fully saturated rings. The molecular weight excluding hydrogens is 326 g/mol. The summed E-state index contributed by atoms with van der Waals surface area (Å²) in [6, 6.07) is 23.7. The van der Waals surface area contributed by atoms with Crippen LogP contribution in [-0.2, 0) is 6.61 Å². The van der Waals surface area contributed by atoms with Gasteiger partial charge in [0.1, 0.15) is 12.4 Å². The number of anilines is 1. The summed E-state index contributed by atoms with van der Waals surface area (Å²) in [5.74, 6) is 0.607. The van der Waals surface area contributed by atoms with Gasteiger partial charge in [0.05, 0.1) is 0 Å². The van der Waals surface area contributed by atoms with Crippen LogP contribution in [-0.4, -0.2) is 11.7 Å². The highest BCUT2D eigenvalue weighted by atomic mass is 16.5. The number of Topliss-reactive ketones (excluding diaryl/α,β-unsaturated/α-hetero) is 1. The van der Waals surface area contributed by atoms with Gasteiger partial charge in [-0.3, -0.25) is 9.59 Å². The third-order valence-electron chi connectivity index (χ3n) is 3.91. The first kappa shape index (κ1) is 17.4. The Bertz CT molecular complexity index is 885. The summed E-state index contributed by atoms with van der Waals surface area (Å²) in [4.78, 5) is 23.6.